The molecule has 2 rings (SSSR count). The van der Waals surface area contributed by atoms with Gasteiger partial charge in [-0.25, -0.2) is 9.59 Å². The molecule has 2 heterocycles. The number of hydrogen-bond acceptors (Lipinski definition) is 5. The number of aromatic nitrogens is 2. The Labute approximate surface area is 114 Å². The van der Waals surface area contributed by atoms with E-state index < -0.39 is 23.5 Å². The van der Waals surface area contributed by atoms with Crippen molar-refractivity contribution in [2.24, 2.45) is 5.41 Å². The first-order valence-electron chi connectivity index (χ1n) is 5.99. The van der Waals surface area contributed by atoms with Gasteiger partial charge in [-0.05, 0) is 18.3 Å². The van der Waals surface area contributed by atoms with Crippen LogP contribution in [-0.4, -0.2) is 44.2 Å². The largest absolute Gasteiger partial charge is 0.480 e. The van der Waals surface area contributed by atoms with Crippen LogP contribution in [0.4, 0.5) is 9.80 Å². The van der Waals surface area contributed by atoms with Crippen LogP contribution in [0.2, 0.25) is 0 Å². The predicted molar refractivity (Wildman–Crippen MR) is 70.1 cm³/mol. The van der Waals surface area contributed by atoms with E-state index in [0.29, 0.717) is 11.5 Å². The number of anilines is 1. The molecule has 19 heavy (non-hydrogen) atoms. The zero-order chi connectivity index (χ0) is 14.0. The maximum Gasteiger partial charge on any atom is 0.327 e. The highest BCUT2D eigenvalue weighted by Crippen LogP contribution is 2.35. The van der Waals surface area contributed by atoms with Gasteiger partial charge in [0.1, 0.15) is 11.0 Å². The Morgan fingerprint density at radius 3 is 2.89 bits per heavy atom. The average Bonchev–Trinajstić information content (AvgIpc) is 2.79. The fourth-order valence-electron chi connectivity index (χ4n) is 2.48. The number of carbonyl (C=O) groups excluding carboxylic acids is 1. The van der Waals surface area contributed by atoms with E-state index in [2.05, 4.69) is 14.9 Å². The van der Waals surface area contributed by atoms with Crippen LogP contribution in [0.15, 0.2) is 6.20 Å². The first-order valence-corrected chi connectivity index (χ1v) is 6.77. The molecule has 2 amide bonds. The number of hydrogen-bond donors (Lipinski definition) is 2. The second-order valence-corrected chi connectivity index (χ2v) is 6.02. The summed E-state index contributed by atoms with van der Waals surface area (Å²) in [4.78, 5) is 25.0. The lowest BCUT2D eigenvalue weighted by Crippen LogP contribution is -2.57. The van der Waals surface area contributed by atoms with Crippen LogP contribution in [0.5, 0.6) is 0 Å². The molecule has 1 saturated heterocycles. The minimum absolute atomic E-state index is 0.411. The molecule has 2 N–H and O–H groups in total. The van der Waals surface area contributed by atoms with E-state index in [9.17, 15) is 14.7 Å². The van der Waals surface area contributed by atoms with E-state index in [1.807, 2.05) is 13.8 Å². The van der Waals surface area contributed by atoms with Gasteiger partial charge < -0.3 is 10.0 Å². The number of carboxylic acids is 1. The summed E-state index contributed by atoms with van der Waals surface area (Å²) in [6, 6.07) is -1.23. The van der Waals surface area contributed by atoms with E-state index >= 15 is 0 Å². The maximum absolute atomic E-state index is 12.2. The molecule has 0 aromatic carbocycles. The number of rotatable bonds is 2. The number of nitrogens with one attached hydrogen (secondary N) is 1. The predicted octanol–water partition coefficient (Wildman–Crippen LogP) is 1.65. The molecule has 1 aromatic heterocycles. The monoisotopic (exact) mass is 284 g/mol. The Hall–Kier alpha value is -1.70. The number of piperidine rings is 1. The van der Waals surface area contributed by atoms with Crippen molar-refractivity contribution in [3.63, 3.8) is 0 Å². The summed E-state index contributed by atoms with van der Waals surface area (Å²) >= 11 is 1.06. The molecule has 0 aliphatic carbocycles. The molecular formula is C11H16N4O3S. The molecule has 0 saturated carbocycles. The fraction of sp³-hybridized carbons (Fsp3) is 0.636. The Kier molecular flexibility index (Phi) is 3.70. The average molecular weight is 284 g/mol. The van der Waals surface area contributed by atoms with Gasteiger partial charge in [-0.2, -0.15) is 0 Å². The first kappa shape index (κ1) is 13.7. The van der Waals surface area contributed by atoms with Crippen molar-refractivity contribution in [1.82, 2.24) is 14.5 Å². The molecule has 0 radical (unpaired) electrons. The summed E-state index contributed by atoms with van der Waals surface area (Å²) in [5.74, 6) is -0.970. The van der Waals surface area contributed by atoms with E-state index in [1.54, 1.807) is 0 Å². The van der Waals surface area contributed by atoms with E-state index in [1.165, 1.54) is 11.1 Å². The van der Waals surface area contributed by atoms with Crippen LogP contribution >= 0.6 is 11.5 Å². The number of aliphatic carboxylic acids is 1. The molecular weight excluding hydrogens is 268 g/mol. The van der Waals surface area contributed by atoms with Crippen molar-refractivity contribution in [2.45, 2.75) is 32.7 Å². The Bertz CT molecular complexity index is 474. The lowest BCUT2D eigenvalue weighted by molar-refractivity contribution is -0.148. The minimum atomic E-state index is -0.970. The van der Waals surface area contributed by atoms with Crippen molar-refractivity contribution in [3.05, 3.63) is 6.20 Å². The topological polar surface area (TPSA) is 95.4 Å². The molecule has 1 fully saturated rings. The van der Waals surface area contributed by atoms with Crippen molar-refractivity contribution < 1.29 is 14.7 Å². The lowest BCUT2D eigenvalue weighted by atomic mass is 9.76. The second-order valence-electron chi connectivity index (χ2n) is 5.24. The molecule has 0 spiro atoms. The molecule has 1 atom stereocenters. The molecule has 0 bridgehead atoms. The molecule has 1 aromatic rings. The minimum Gasteiger partial charge on any atom is -0.480 e. The van der Waals surface area contributed by atoms with Crippen LogP contribution in [0, 0.1) is 5.41 Å². The highest BCUT2D eigenvalue weighted by molar-refractivity contribution is 7.10. The normalized spacial score (nSPS) is 22.0. The molecule has 1 unspecified atom stereocenters. The van der Waals surface area contributed by atoms with Gasteiger partial charge >= 0.3 is 12.0 Å². The van der Waals surface area contributed by atoms with Gasteiger partial charge in [0.15, 0.2) is 0 Å². The Morgan fingerprint density at radius 1 is 1.58 bits per heavy atom. The van der Waals surface area contributed by atoms with Crippen LogP contribution in [0.25, 0.3) is 0 Å². The van der Waals surface area contributed by atoms with Gasteiger partial charge in [-0.3, -0.25) is 5.32 Å². The lowest BCUT2D eigenvalue weighted by Gasteiger charge is -2.43. The highest BCUT2D eigenvalue weighted by atomic mass is 32.1. The smallest absolute Gasteiger partial charge is 0.327 e. The summed E-state index contributed by atoms with van der Waals surface area (Å²) < 4.78 is 3.65. The summed E-state index contributed by atoms with van der Waals surface area (Å²) in [5.41, 5.74) is -0.437. The van der Waals surface area contributed by atoms with E-state index in [-0.39, 0.29) is 0 Å². The third-order valence-corrected chi connectivity index (χ3v) is 3.94. The summed E-state index contributed by atoms with van der Waals surface area (Å²) in [6.07, 6.45) is 3.02. The van der Waals surface area contributed by atoms with Crippen molar-refractivity contribution >= 4 is 28.5 Å². The van der Waals surface area contributed by atoms with Gasteiger partial charge in [0.25, 0.3) is 0 Å². The molecule has 7 nitrogen and oxygen atoms in total. The number of carbonyl (C=O) groups is 2. The summed E-state index contributed by atoms with van der Waals surface area (Å²) in [7, 11) is 0. The van der Waals surface area contributed by atoms with Crippen molar-refractivity contribution in [1.29, 1.82) is 0 Å². The number of amides is 2. The van der Waals surface area contributed by atoms with E-state index in [0.717, 1.165) is 24.4 Å². The van der Waals surface area contributed by atoms with Gasteiger partial charge in [-0.15, -0.1) is 5.10 Å². The van der Waals surface area contributed by atoms with Gasteiger partial charge in [0.2, 0.25) is 0 Å². The Balaban J connectivity index is 2.16. The zero-order valence-corrected chi connectivity index (χ0v) is 11.6. The van der Waals surface area contributed by atoms with Crippen molar-refractivity contribution in [2.75, 3.05) is 11.9 Å². The SMILES string of the molecule is CC1(C)CCCN(C(=O)Nc2cnns2)C1C(=O)O. The van der Waals surface area contributed by atoms with E-state index in [4.69, 9.17) is 0 Å². The second kappa shape index (κ2) is 5.12. The first-order chi connectivity index (χ1) is 8.92. The summed E-state index contributed by atoms with van der Waals surface area (Å²) in [6.45, 7) is 4.19. The number of urea groups is 1. The fourth-order valence-corrected chi connectivity index (χ4v) is 2.89. The number of carboxylic acid groups (broad SMARTS) is 1. The van der Waals surface area contributed by atoms with Crippen molar-refractivity contribution in [3.8, 4) is 0 Å². The summed E-state index contributed by atoms with van der Waals surface area (Å²) in [5, 5.41) is 16.1. The van der Waals surface area contributed by atoms with Crippen LogP contribution in [0.3, 0.4) is 0 Å². The Morgan fingerprint density at radius 2 is 2.32 bits per heavy atom. The zero-order valence-electron chi connectivity index (χ0n) is 10.8. The quantitative estimate of drug-likeness (QED) is 0.860. The number of nitrogens with zero attached hydrogens (tertiary/aromatic N) is 3. The highest BCUT2D eigenvalue weighted by Gasteiger charge is 2.44. The molecule has 8 heteroatoms. The third-order valence-electron chi connectivity index (χ3n) is 3.36. The van der Waals surface area contributed by atoms with Gasteiger partial charge in [0, 0.05) is 18.1 Å². The van der Waals surface area contributed by atoms with Crippen LogP contribution in [-0.2, 0) is 4.79 Å². The molecule has 1 aliphatic rings. The molecule has 104 valence electrons. The maximum atomic E-state index is 12.2. The number of likely N-dealkylation sites (tertiary alicyclic amines) is 1. The van der Waals surface area contributed by atoms with Crippen LogP contribution < -0.4 is 5.32 Å². The standard InChI is InChI=1S/C11H16N4O3S/c1-11(2)4-3-5-15(8(11)9(16)17)10(18)13-7-6-12-14-19-7/h6,8H,3-5H2,1-2H3,(H,13,18)(H,16,17). The van der Waals surface area contributed by atoms with Gasteiger partial charge in [-0.1, -0.05) is 18.3 Å². The third kappa shape index (κ3) is 2.83. The van der Waals surface area contributed by atoms with Gasteiger partial charge in [0.05, 0.1) is 6.20 Å². The van der Waals surface area contributed by atoms with Crippen LogP contribution in [0.1, 0.15) is 26.7 Å². The molecule has 1 aliphatic heterocycles.